The summed E-state index contributed by atoms with van der Waals surface area (Å²) in [5.74, 6) is 0.806. The Bertz CT molecular complexity index is 1720. The van der Waals surface area contributed by atoms with Crippen LogP contribution in [0.4, 0.5) is 0 Å². The molecule has 0 unspecified atom stereocenters. The number of nitrogens with one attached hydrogen (secondary N) is 3. The molecule has 1 aliphatic rings. The second-order valence-electron chi connectivity index (χ2n) is 9.51. The highest BCUT2D eigenvalue weighted by Gasteiger charge is 2.17. The van der Waals surface area contributed by atoms with Crippen LogP contribution in [0.1, 0.15) is 18.5 Å². The van der Waals surface area contributed by atoms with Crippen molar-refractivity contribution in [2.75, 3.05) is 13.1 Å². The van der Waals surface area contributed by atoms with E-state index in [1.54, 1.807) is 12.4 Å². The molecule has 5 aromatic heterocycles. The first-order valence-corrected chi connectivity index (χ1v) is 12.5. The maximum absolute atomic E-state index is 6.23. The van der Waals surface area contributed by atoms with Gasteiger partial charge in [0.15, 0.2) is 0 Å². The number of hydrogen-bond acceptors (Lipinski definition) is 6. The molecule has 37 heavy (non-hydrogen) atoms. The van der Waals surface area contributed by atoms with Crippen LogP contribution in [0.3, 0.4) is 0 Å². The third kappa shape index (κ3) is 4.03. The van der Waals surface area contributed by atoms with Crippen molar-refractivity contribution >= 4 is 21.9 Å². The zero-order valence-corrected chi connectivity index (χ0v) is 20.4. The monoisotopic (exact) mass is 490 g/mol. The molecule has 0 amide bonds. The number of hydrogen-bond donors (Lipinski definition) is 3. The summed E-state index contributed by atoms with van der Waals surface area (Å²) in [5.41, 5.74) is 7.56. The molecule has 3 N–H and O–H groups in total. The molecule has 0 saturated carbocycles. The first kappa shape index (κ1) is 21.8. The van der Waals surface area contributed by atoms with E-state index in [2.05, 4.69) is 65.8 Å². The summed E-state index contributed by atoms with van der Waals surface area (Å²) in [4.78, 5) is 16.8. The van der Waals surface area contributed by atoms with Gasteiger partial charge in [0.1, 0.15) is 23.2 Å². The lowest BCUT2D eigenvalue weighted by Crippen LogP contribution is -2.34. The molecule has 0 bridgehead atoms. The van der Waals surface area contributed by atoms with Crippen LogP contribution in [0, 0.1) is 6.92 Å². The number of rotatable bonds is 5. The smallest absolute Gasteiger partial charge is 0.139 e. The second kappa shape index (κ2) is 8.86. The van der Waals surface area contributed by atoms with Crippen LogP contribution >= 0.6 is 0 Å². The minimum absolute atomic E-state index is 0.230. The van der Waals surface area contributed by atoms with Crippen LogP contribution in [0.15, 0.2) is 67.5 Å². The van der Waals surface area contributed by atoms with Crippen LogP contribution in [-0.2, 0) is 0 Å². The Morgan fingerprint density at radius 1 is 0.973 bits per heavy atom. The Labute approximate surface area is 212 Å². The van der Waals surface area contributed by atoms with E-state index in [0.717, 1.165) is 87.5 Å². The van der Waals surface area contributed by atoms with Crippen LogP contribution in [-0.4, -0.2) is 53.9 Å². The van der Waals surface area contributed by atoms with Crippen molar-refractivity contribution in [2.45, 2.75) is 25.9 Å². The molecule has 1 saturated heterocycles. The van der Waals surface area contributed by atoms with E-state index in [-0.39, 0.29) is 6.10 Å². The number of aromatic nitrogens is 7. The number of nitrogens with zero attached hydrogens (tertiary/aromatic N) is 5. The molecule has 0 radical (unpaired) electrons. The highest BCUT2D eigenvalue weighted by molar-refractivity contribution is 5.98. The standard InChI is InChI=1S/C28H26N8O/c1-17-15-36(16-32-17)26-6-9-31-28-23(26)12-25(33-28)27-22-11-18(2-3-24(22)34-35-27)19-10-21(14-30-13-19)37-20-4-7-29-8-5-20/h2-3,6,9-16,20,29H,4-5,7-8H2,1H3,(H,31,33)(H,34,35). The summed E-state index contributed by atoms with van der Waals surface area (Å²) in [5, 5.41) is 13.2. The number of pyridine rings is 2. The first-order valence-electron chi connectivity index (χ1n) is 12.5. The van der Waals surface area contributed by atoms with E-state index in [4.69, 9.17) is 4.74 Å². The largest absolute Gasteiger partial charge is 0.489 e. The highest BCUT2D eigenvalue weighted by Crippen LogP contribution is 2.33. The van der Waals surface area contributed by atoms with Gasteiger partial charge in [-0.2, -0.15) is 5.10 Å². The fraction of sp³-hybridized carbons (Fsp3) is 0.214. The van der Waals surface area contributed by atoms with E-state index in [1.807, 2.05) is 36.3 Å². The number of imidazole rings is 1. The van der Waals surface area contributed by atoms with Crippen molar-refractivity contribution in [1.29, 1.82) is 0 Å². The van der Waals surface area contributed by atoms with Crippen molar-refractivity contribution in [3.05, 3.63) is 73.2 Å². The van der Waals surface area contributed by atoms with Crippen LogP contribution < -0.4 is 10.1 Å². The minimum atomic E-state index is 0.230. The molecule has 6 aromatic rings. The molecule has 1 fully saturated rings. The summed E-state index contributed by atoms with van der Waals surface area (Å²) in [6, 6.07) is 12.5. The Morgan fingerprint density at radius 2 is 1.89 bits per heavy atom. The zero-order valence-electron chi connectivity index (χ0n) is 20.4. The van der Waals surface area contributed by atoms with Gasteiger partial charge in [0, 0.05) is 34.9 Å². The highest BCUT2D eigenvalue weighted by atomic mass is 16.5. The Morgan fingerprint density at radius 3 is 2.76 bits per heavy atom. The summed E-state index contributed by atoms with van der Waals surface area (Å²) in [7, 11) is 0. The molecular weight excluding hydrogens is 464 g/mol. The molecule has 0 aliphatic carbocycles. The van der Waals surface area contributed by atoms with Gasteiger partial charge in [0.2, 0.25) is 0 Å². The molecule has 1 aliphatic heterocycles. The maximum Gasteiger partial charge on any atom is 0.139 e. The van der Waals surface area contributed by atoms with Gasteiger partial charge in [0.05, 0.1) is 35.1 Å². The average molecular weight is 491 g/mol. The first-order chi connectivity index (χ1) is 18.2. The van der Waals surface area contributed by atoms with Crippen molar-refractivity contribution in [2.24, 2.45) is 0 Å². The van der Waals surface area contributed by atoms with Gasteiger partial charge in [-0.15, -0.1) is 0 Å². The van der Waals surface area contributed by atoms with E-state index >= 15 is 0 Å². The molecule has 184 valence electrons. The van der Waals surface area contributed by atoms with Gasteiger partial charge in [0.25, 0.3) is 0 Å². The molecule has 0 atom stereocenters. The van der Waals surface area contributed by atoms with E-state index in [1.165, 1.54) is 0 Å². The second-order valence-corrected chi connectivity index (χ2v) is 9.51. The van der Waals surface area contributed by atoms with Crippen molar-refractivity contribution < 1.29 is 4.74 Å². The molecule has 9 nitrogen and oxygen atoms in total. The minimum Gasteiger partial charge on any atom is -0.489 e. The van der Waals surface area contributed by atoms with Gasteiger partial charge in [-0.25, -0.2) is 9.97 Å². The summed E-state index contributed by atoms with van der Waals surface area (Å²) >= 11 is 0. The molecular formula is C28H26N8O. The molecule has 9 heteroatoms. The number of H-pyrrole nitrogens is 2. The van der Waals surface area contributed by atoms with E-state index < -0.39 is 0 Å². The van der Waals surface area contributed by atoms with Gasteiger partial charge >= 0.3 is 0 Å². The fourth-order valence-corrected chi connectivity index (χ4v) is 5.06. The predicted octanol–water partition coefficient (Wildman–Crippen LogP) is 4.79. The molecule has 1 aromatic carbocycles. The van der Waals surface area contributed by atoms with Crippen LogP contribution in [0.2, 0.25) is 0 Å². The number of benzene rings is 1. The lowest BCUT2D eigenvalue weighted by molar-refractivity contribution is 0.162. The fourth-order valence-electron chi connectivity index (χ4n) is 5.06. The molecule has 7 rings (SSSR count). The van der Waals surface area contributed by atoms with Gasteiger partial charge in [-0.05, 0) is 68.8 Å². The predicted molar refractivity (Wildman–Crippen MR) is 143 cm³/mol. The zero-order chi connectivity index (χ0) is 24.8. The Kier molecular flexibility index (Phi) is 5.21. The number of aryl methyl sites for hydroxylation is 1. The SMILES string of the molecule is Cc1cn(-c2ccnc3[nH]c(-c4n[nH]c5ccc(-c6cncc(OC7CCNCC7)c6)cc45)cc23)cn1. The summed E-state index contributed by atoms with van der Waals surface area (Å²) in [6.07, 6.45) is 11.6. The Hall–Kier alpha value is -4.50. The number of fused-ring (bicyclic) bond motifs is 2. The van der Waals surface area contributed by atoms with Gasteiger partial charge < -0.3 is 19.6 Å². The van der Waals surface area contributed by atoms with Crippen molar-refractivity contribution in [1.82, 2.24) is 40.0 Å². The summed E-state index contributed by atoms with van der Waals surface area (Å²) in [6.45, 7) is 3.96. The normalized spacial score (nSPS) is 14.5. The third-order valence-electron chi connectivity index (χ3n) is 6.95. The quantitative estimate of drug-likeness (QED) is 0.321. The van der Waals surface area contributed by atoms with Crippen LogP contribution in [0.5, 0.6) is 5.75 Å². The van der Waals surface area contributed by atoms with Crippen molar-refractivity contribution in [3.8, 4) is 34.0 Å². The number of ether oxygens (including phenoxy) is 1. The average Bonchev–Trinajstić information content (AvgIpc) is 3.66. The maximum atomic E-state index is 6.23. The van der Waals surface area contributed by atoms with E-state index in [9.17, 15) is 0 Å². The lowest BCUT2D eigenvalue weighted by Gasteiger charge is -2.23. The van der Waals surface area contributed by atoms with Crippen LogP contribution in [0.25, 0.3) is 50.1 Å². The lowest BCUT2D eigenvalue weighted by atomic mass is 10.0. The summed E-state index contributed by atoms with van der Waals surface area (Å²) < 4.78 is 8.24. The van der Waals surface area contributed by atoms with E-state index in [0.29, 0.717) is 0 Å². The Balaban J connectivity index is 1.26. The molecule has 0 spiro atoms. The topological polar surface area (TPSA) is 109 Å². The van der Waals surface area contributed by atoms with Crippen molar-refractivity contribution in [3.63, 3.8) is 0 Å². The molecule has 6 heterocycles. The van der Waals surface area contributed by atoms with Gasteiger partial charge in [-0.3, -0.25) is 10.1 Å². The van der Waals surface area contributed by atoms with Gasteiger partial charge in [-0.1, -0.05) is 6.07 Å². The number of piperidine rings is 1. The third-order valence-corrected chi connectivity index (χ3v) is 6.95. The number of aromatic amines is 2.